The molecule has 0 atom stereocenters. The van der Waals surface area contributed by atoms with Gasteiger partial charge in [-0.1, -0.05) is 0 Å². The molecule has 0 aromatic heterocycles. The van der Waals surface area contributed by atoms with Crippen LogP contribution in [-0.4, -0.2) is 13.2 Å². The summed E-state index contributed by atoms with van der Waals surface area (Å²) in [6.45, 7) is 0.656. The highest BCUT2D eigenvalue weighted by Gasteiger charge is 2.66. The Morgan fingerprint density at radius 2 is 1.70 bits per heavy atom. The fourth-order valence-electron chi connectivity index (χ4n) is 2.59. The number of halogens is 2. The molecule has 0 aromatic rings. The molecule has 3 saturated carbocycles. The Morgan fingerprint density at radius 3 is 2.00 bits per heavy atom. The summed E-state index contributed by atoms with van der Waals surface area (Å²) in [4.78, 5) is 0. The van der Waals surface area contributed by atoms with E-state index in [0.717, 1.165) is 25.8 Å². The van der Waals surface area contributed by atoms with Crippen molar-refractivity contribution in [3.05, 3.63) is 0 Å². The van der Waals surface area contributed by atoms with Crippen molar-refractivity contribution in [1.82, 2.24) is 0 Å². The fourth-order valence-corrected chi connectivity index (χ4v) is 2.59. The lowest BCUT2D eigenvalue weighted by molar-refractivity contribution is -0.204. The topological polar surface area (TPSA) is 26.0 Å². The molecule has 2 bridgehead atoms. The van der Waals surface area contributed by atoms with Gasteiger partial charge in [-0.2, -0.15) is 0 Å². The Morgan fingerprint density at radius 1 is 1.20 bits per heavy atom. The van der Waals surface area contributed by atoms with E-state index in [9.17, 15) is 4.39 Å². The summed E-state index contributed by atoms with van der Waals surface area (Å²) in [6, 6.07) is 0. The molecule has 10 heavy (non-hydrogen) atoms. The van der Waals surface area contributed by atoms with Gasteiger partial charge in [0.25, 0.3) is 0 Å². The second-order valence-electron chi connectivity index (χ2n) is 3.87. The lowest BCUT2D eigenvalue weighted by atomic mass is 9.35. The van der Waals surface area contributed by atoms with Gasteiger partial charge < -0.3 is 5.73 Å². The first-order valence-electron chi connectivity index (χ1n) is 3.50. The molecule has 0 unspecified atom stereocenters. The summed E-state index contributed by atoms with van der Waals surface area (Å²) in [7, 11) is 0. The van der Waals surface area contributed by atoms with Crippen LogP contribution in [0.4, 0.5) is 4.39 Å². The lowest BCUT2D eigenvalue weighted by Crippen LogP contribution is -2.65. The molecule has 2 N–H and O–H groups in total. The van der Waals surface area contributed by atoms with E-state index in [4.69, 9.17) is 5.73 Å². The molecule has 3 fully saturated rings. The minimum absolute atomic E-state index is 0. The molecule has 3 heteroatoms. The van der Waals surface area contributed by atoms with Crippen molar-refractivity contribution in [2.24, 2.45) is 16.6 Å². The summed E-state index contributed by atoms with van der Waals surface area (Å²) in [5, 5.41) is 0. The highest BCUT2D eigenvalue weighted by molar-refractivity contribution is 5.85. The number of rotatable bonds is 2. The minimum Gasteiger partial charge on any atom is -0.330 e. The molecule has 3 aliphatic carbocycles. The van der Waals surface area contributed by atoms with Crippen LogP contribution in [0.3, 0.4) is 0 Å². The van der Waals surface area contributed by atoms with Crippen LogP contribution in [-0.2, 0) is 0 Å². The Hall–Kier alpha value is 0.180. The Bertz CT molecular complexity index is 115. The number of hydrogen-bond donors (Lipinski definition) is 1. The van der Waals surface area contributed by atoms with E-state index in [-0.39, 0.29) is 24.5 Å². The third-order valence-electron chi connectivity index (χ3n) is 2.97. The monoisotopic (exact) mass is 165 g/mol. The van der Waals surface area contributed by atoms with E-state index >= 15 is 0 Å². The SMILES string of the molecule is Cl.NCC12CC(CF)(C1)C2. The minimum atomic E-state index is -0.116. The Balaban J connectivity index is 0.000000500. The van der Waals surface area contributed by atoms with Crippen LogP contribution in [0.25, 0.3) is 0 Å². The Kier molecular flexibility index (Phi) is 1.72. The van der Waals surface area contributed by atoms with E-state index in [1.54, 1.807) is 0 Å². The van der Waals surface area contributed by atoms with Crippen LogP contribution in [0.15, 0.2) is 0 Å². The van der Waals surface area contributed by atoms with Crippen molar-refractivity contribution in [3.63, 3.8) is 0 Å². The molecular formula is C7H13ClFN. The molecule has 0 saturated heterocycles. The lowest BCUT2D eigenvalue weighted by Gasteiger charge is -2.69. The van der Waals surface area contributed by atoms with Crippen LogP contribution in [0.5, 0.6) is 0 Å². The summed E-state index contributed by atoms with van der Waals surface area (Å²) < 4.78 is 12.1. The Labute approximate surface area is 66.6 Å². The number of hydrogen-bond acceptors (Lipinski definition) is 1. The fraction of sp³-hybridized carbons (Fsp3) is 1.00. The zero-order valence-electron chi connectivity index (χ0n) is 5.90. The third-order valence-corrected chi connectivity index (χ3v) is 2.97. The molecule has 0 aromatic carbocycles. The molecule has 0 spiro atoms. The van der Waals surface area contributed by atoms with Gasteiger partial charge in [0.05, 0.1) is 6.67 Å². The highest BCUT2D eigenvalue weighted by atomic mass is 35.5. The third kappa shape index (κ3) is 0.721. The van der Waals surface area contributed by atoms with E-state index in [1.807, 2.05) is 0 Å². The predicted octanol–water partition coefficient (Wildman–Crippen LogP) is 1.51. The van der Waals surface area contributed by atoms with Gasteiger partial charge in [0.2, 0.25) is 0 Å². The van der Waals surface area contributed by atoms with Gasteiger partial charge in [0.1, 0.15) is 0 Å². The largest absolute Gasteiger partial charge is 0.330 e. The molecule has 1 nitrogen and oxygen atoms in total. The number of alkyl halides is 1. The summed E-state index contributed by atoms with van der Waals surface area (Å²) in [5.74, 6) is 0. The van der Waals surface area contributed by atoms with Crippen molar-refractivity contribution in [3.8, 4) is 0 Å². The molecule has 60 valence electrons. The average molecular weight is 166 g/mol. The van der Waals surface area contributed by atoms with Gasteiger partial charge in [-0.3, -0.25) is 4.39 Å². The first kappa shape index (κ1) is 8.28. The second-order valence-corrected chi connectivity index (χ2v) is 3.87. The summed E-state index contributed by atoms with van der Waals surface area (Å²) in [6.07, 6.45) is 3.19. The van der Waals surface area contributed by atoms with Crippen molar-refractivity contribution < 1.29 is 4.39 Å². The van der Waals surface area contributed by atoms with Crippen molar-refractivity contribution >= 4 is 12.4 Å². The van der Waals surface area contributed by atoms with Gasteiger partial charge in [-0.25, -0.2) is 0 Å². The predicted molar refractivity (Wildman–Crippen MR) is 41.0 cm³/mol. The van der Waals surface area contributed by atoms with E-state index in [2.05, 4.69) is 0 Å². The van der Waals surface area contributed by atoms with Gasteiger partial charge in [-0.15, -0.1) is 12.4 Å². The van der Waals surface area contributed by atoms with Gasteiger partial charge >= 0.3 is 0 Å². The standard InChI is InChI=1S/C7H12FN.ClH/c8-4-6-1-7(2-6,3-6)5-9;/h1-5,9H2;1H. The molecule has 0 aliphatic heterocycles. The van der Waals surface area contributed by atoms with Gasteiger partial charge in [-0.05, 0) is 31.2 Å². The molecule has 0 amide bonds. The zero-order chi connectivity index (χ0) is 6.54. The summed E-state index contributed by atoms with van der Waals surface area (Å²) >= 11 is 0. The molecule has 0 heterocycles. The quantitative estimate of drug-likeness (QED) is 0.660. The van der Waals surface area contributed by atoms with Gasteiger partial charge in [0.15, 0.2) is 0 Å². The maximum absolute atomic E-state index is 12.1. The second kappa shape index (κ2) is 2.08. The van der Waals surface area contributed by atoms with Crippen molar-refractivity contribution in [2.75, 3.05) is 13.2 Å². The first-order valence-corrected chi connectivity index (χ1v) is 3.50. The maximum Gasteiger partial charge on any atom is 0.0951 e. The van der Waals surface area contributed by atoms with Crippen LogP contribution in [0, 0.1) is 10.8 Å². The number of nitrogens with two attached hydrogens (primary N) is 1. The first-order chi connectivity index (χ1) is 4.24. The molecular weight excluding hydrogens is 153 g/mol. The van der Waals surface area contributed by atoms with Crippen molar-refractivity contribution in [1.29, 1.82) is 0 Å². The average Bonchev–Trinajstić information content (AvgIpc) is 1.62. The van der Waals surface area contributed by atoms with Crippen LogP contribution in [0.2, 0.25) is 0 Å². The molecule has 3 aliphatic rings. The van der Waals surface area contributed by atoms with Crippen LogP contribution >= 0.6 is 12.4 Å². The van der Waals surface area contributed by atoms with Crippen LogP contribution in [0.1, 0.15) is 19.3 Å². The van der Waals surface area contributed by atoms with Crippen molar-refractivity contribution in [2.45, 2.75) is 19.3 Å². The summed E-state index contributed by atoms with van der Waals surface area (Å²) in [5.41, 5.74) is 6.03. The zero-order valence-corrected chi connectivity index (χ0v) is 6.72. The van der Waals surface area contributed by atoms with E-state index in [0.29, 0.717) is 5.41 Å². The van der Waals surface area contributed by atoms with Gasteiger partial charge in [0, 0.05) is 5.41 Å². The normalized spacial score (nSPS) is 48.6. The van der Waals surface area contributed by atoms with E-state index < -0.39 is 0 Å². The highest BCUT2D eigenvalue weighted by Crippen LogP contribution is 2.72. The molecule has 0 radical (unpaired) electrons. The smallest absolute Gasteiger partial charge is 0.0951 e. The van der Waals surface area contributed by atoms with Crippen LogP contribution < -0.4 is 5.73 Å². The maximum atomic E-state index is 12.1. The van der Waals surface area contributed by atoms with E-state index in [1.165, 1.54) is 0 Å². The molecule has 3 rings (SSSR count).